The van der Waals surface area contributed by atoms with Crippen molar-refractivity contribution >= 4 is 17.9 Å². The highest BCUT2D eigenvalue weighted by Crippen LogP contribution is 2.17. The monoisotopic (exact) mass is 1080 g/mol. The van der Waals surface area contributed by atoms with Gasteiger partial charge in [-0.05, 0) is 83.5 Å². The van der Waals surface area contributed by atoms with Gasteiger partial charge in [-0.15, -0.1) is 0 Å². The molecule has 6 heteroatoms. The zero-order valence-corrected chi connectivity index (χ0v) is 51.4. The van der Waals surface area contributed by atoms with E-state index in [-0.39, 0.29) is 31.6 Å². The Bertz CT molecular complexity index is 1530. The van der Waals surface area contributed by atoms with Crippen molar-refractivity contribution in [3.8, 4) is 0 Å². The number of hydrogen-bond donors (Lipinski definition) is 0. The second kappa shape index (κ2) is 65.8. The Morgan fingerprint density at radius 2 is 0.538 bits per heavy atom. The average Bonchev–Trinajstić information content (AvgIpc) is 3.44. The molecule has 78 heavy (non-hydrogen) atoms. The largest absolute Gasteiger partial charge is 0.462 e. The smallest absolute Gasteiger partial charge is 0.306 e. The maximum Gasteiger partial charge on any atom is 0.306 e. The maximum absolute atomic E-state index is 12.9. The summed E-state index contributed by atoms with van der Waals surface area (Å²) in [6, 6.07) is 0. The lowest BCUT2D eigenvalue weighted by Crippen LogP contribution is -2.30. The molecular formula is C72H124O6. The van der Waals surface area contributed by atoms with Crippen LogP contribution in [0.15, 0.2) is 97.2 Å². The molecule has 0 spiro atoms. The Hall–Kier alpha value is -3.67. The van der Waals surface area contributed by atoms with Crippen molar-refractivity contribution in [3.05, 3.63) is 97.2 Å². The zero-order chi connectivity index (χ0) is 56.4. The first-order chi connectivity index (χ1) is 38.5. The van der Waals surface area contributed by atoms with Gasteiger partial charge in [-0.25, -0.2) is 0 Å². The van der Waals surface area contributed by atoms with Crippen molar-refractivity contribution in [3.63, 3.8) is 0 Å². The molecule has 0 fully saturated rings. The average molecular weight is 1090 g/mol. The highest BCUT2D eigenvalue weighted by atomic mass is 16.6. The Morgan fingerprint density at radius 1 is 0.269 bits per heavy atom. The van der Waals surface area contributed by atoms with Gasteiger partial charge in [0.2, 0.25) is 0 Å². The number of carbonyl (C=O) groups is 3. The summed E-state index contributed by atoms with van der Waals surface area (Å²) in [5.74, 6) is -0.999. The molecule has 0 aromatic heterocycles. The van der Waals surface area contributed by atoms with Crippen LogP contribution >= 0.6 is 0 Å². The summed E-state index contributed by atoms with van der Waals surface area (Å²) >= 11 is 0. The van der Waals surface area contributed by atoms with Crippen molar-refractivity contribution < 1.29 is 28.6 Å². The van der Waals surface area contributed by atoms with Crippen LogP contribution in [0.1, 0.15) is 323 Å². The third kappa shape index (κ3) is 63.2. The summed E-state index contributed by atoms with van der Waals surface area (Å²) in [5, 5.41) is 0. The maximum atomic E-state index is 12.9. The van der Waals surface area contributed by atoms with Gasteiger partial charge >= 0.3 is 17.9 Å². The van der Waals surface area contributed by atoms with E-state index in [1.54, 1.807) is 0 Å². The van der Waals surface area contributed by atoms with Crippen LogP contribution in [0, 0.1) is 0 Å². The van der Waals surface area contributed by atoms with Crippen LogP contribution in [0.4, 0.5) is 0 Å². The summed E-state index contributed by atoms with van der Waals surface area (Å²) in [5.41, 5.74) is 0. The summed E-state index contributed by atoms with van der Waals surface area (Å²) in [4.78, 5) is 38.3. The van der Waals surface area contributed by atoms with Crippen molar-refractivity contribution in [1.82, 2.24) is 0 Å². The molecule has 1 atom stereocenters. The second-order valence-electron chi connectivity index (χ2n) is 22.0. The van der Waals surface area contributed by atoms with E-state index in [0.29, 0.717) is 19.3 Å². The van der Waals surface area contributed by atoms with Gasteiger partial charge < -0.3 is 14.2 Å². The normalized spacial score (nSPS) is 12.7. The lowest BCUT2D eigenvalue weighted by molar-refractivity contribution is -0.166. The van der Waals surface area contributed by atoms with E-state index in [9.17, 15) is 14.4 Å². The quantitative estimate of drug-likeness (QED) is 0.0261. The molecular weight excluding hydrogens is 961 g/mol. The lowest BCUT2D eigenvalue weighted by atomic mass is 10.0. The van der Waals surface area contributed by atoms with Crippen molar-refractivity contribution in [2.24, 2.45) is 0 Å². The summed E-state index contributed by atoms with van der Waals surface area (Å²) < 4.78 is 16.8. The molecule has 1 unspecified atom stereocenters. The molecule has 0 N–H and O–H groups in total. The molecule has 0 aliphatic carbocycles. The lowest BCUT2D eigenvalue weighted by Gasteiger charge is -2.18. The number of hydrogen-bond acceptors (Lipinski definition) is 6. The SMILES string of the molecule is CC/C=C\C/C=C\C/C=C\C/C=C\C/C=C\C/C=C\CCC(=O)OC(COC(=O)CCCCCCC/C=C\C/C=C\CCCC)COC(=O)CCCCCCCCCCCCCCCCCCCCCCCCCCCCC. The number of allylic oxidation sites excluding steroid dienone is 16. The van der Waals surface area contributed by atoms with Gasteiger partial charge in [0.05, 0.1) is 0 Å². The number of carbonyl (C=O) groups excluding carboxylic acids is 3. The van der Waals surface area contributed by atoms with E-state index in [2.05, 4.69) is 112 Å². The van der Waals surface area contributed by atoms with Gasteiger partial charge in [-0.3, -0.25) is 14.4 Å². The Kier molecular flexibility index (Phi) is 62.7. The van der Waals surface area contributed by atoms with E-state index in [1.165, 1.54) is 173 Å². The highest BCUT2D eigenvalue weighted by Gasteiger charge is 2.19. The Balaban J connectivity index is 4.35. The minimum atomic E-state index is -0.825. The molecule has 0 heterocycles. The van der Waals surface area contributed by atoms with E-state index >= 15 is 0 Å². The molecule has 6 nitrogen and oxygen atoms in total. The summed E-state index contributed by atoms with van der Waals surface area (Å²) in [7, 11) is 0. The first-order valence-corrected chi connectivity index (χ1v) is 33.2. The summed E-state index contributed by atoms with van der Waals surface area (Å²) in [6.07, 6.45) is 88.8. The Labute approximate surface area is 483 Å². The van der Waals surface area contributed by atoms with E-state index in [0.717, 1.165) is 103 Å². The fourth-order valence-electron chi connectivity index (χ4n) is 9.37. The Morgan fingerprint density at radius 3 is 0.872 bits per heavy atom. The minimum absolute atomic E-state index is 0.110. The van der Waals surface area contributed by atoms with Gasteiger partial charge in [-0.1, -0.05) is 317 Å². The van der Waals surface area contributed by atoms with Gasteiger partial charge in [0, 0.05) is 19.3 Å². The molecule has 0 aliphatic heterocycles. The van der Waals surface area contributed by atoms with Crippen LogP contribution in [0.25, 0.3) is 0 Å². The molecule has 0 bridgehead atoms. The second-order valence-corrected chi connectivity index (χ2v) is 22.0. The molecule has 0 aromatic rings. The molecule has 448 valence electrons. The van der Waals surface area contributed by atoms with Crippen LogP contribution in [-0.4, -0.2) is 37.2 Å². The number of unbranched alkanes of at least 4 members (excludes halogenated alkanes) is 33. The number of ether oxygens (including phenoxy) is 3. The molecule has 0 rings (SSSR count). The van der Waals surface area contributed by atoms with Crippen LogP contribution < -0.4 is 0 Å². The first-order valence-electron chi connectivity index (χ1n) is 33.2. The van der Waals surface area contributed by atoms with Gasteiger partial charge in [0.1, 0.15) is 13.2 Å². The molecule has 0 saturated carbocycles. The van der Waals surface area contributed by atoms with Gasteiger partial charge in [0.25, 0.3) is 0 Å². The predicted octanol–water partition coefficient (Wildman–Crippen LogP) is 22.8. The zero-order valence-electron chi connectivity index (χ0n) is 51.4. The van der Waals surface area contributed by atoms with Gasteiger partial charge in [-0.2, -0.15) is 0 Å². The fraction of sp³-hybridized carbons (Fsp3) is 0.736. The van der Waals surface area contributed by atoms with Crippen LogP contribution in [0.3, 0.4) is 0 Å². The predicted molar refractivity (Wildman–Crippen MR) is 339 cm³/mol. The topological polar surface area (TPSA) is 78.9 Å². The molecule has 0 saturated heterocycles. The third-order valence-electron chi connectivity index (χ3n) is 14.3. The molecule has 0 aliphatic rings. The van der Waals surface area contributed by atoms with Gasteiger partial charge in [0.15, 0.2) is 6.10 Å². The van der Waals surface area contributed by atoms with Crippen molar-refractivity contribution in [1.29, 1.82) is 0 Å². The molecule has 0 radical (unpaired) electrons. The van der Waals surface area contributed by atoms with Crippen LogP contribution in [0.5, 0.6) is 0 Å². The number of esters is 3. The summed E-state index contributed by atoms with van der Waals surface area (Å²) in [6.45, 7) is 6.45. The minimum Gasteiger partial charge on any atom is -0.462 e. The fourth-order valence-corrected chi connectivity index (χ4v) is 9.37. The van der Waals surface area contributed by atoms with Crippen molar-refractivity contribution in [2.45, 2.75) is 329 Å². The number of rotatable bonds is 60. The molecule has 0 aromatic carbocycles. The molecule has 0 amide bonds. The standard InChI is InChI=1S/C72H124O6/c1-4-7-10-13-16-19-22-25-28-30-32-33-34-35-36-37-38-39-41-42-44-47-50-53-56-59-62-65-71(74)77-68-69(67-76-70(73)64-61-58-55-52-49-46-27-24-21-18-15-12-9-6-3)78-72(75)66-63-60-57-54-51-48-45-43-40-31-29-26-23-20-17-14-11-8-5-2/h8,11,15,17-18,20,24,26-27,29,40,43,48,51,57,60,69H,4-7,9-10,12-14,16,19,21-23,25,28,30-39,41-42,44-47,49-50,52-56,58-59,61-68H2,1-3H3/b11-8-,18-15-,20-17-,27-24-,29-26-,43-40-,51-48-,60-57-. The van der Waals surface area contributed by atoms with E-state index in [1.807, 2.05) is 6.08 Å². The van der Waals surface area contributed by atoms with Crippen molar-refractivity contribution in [2.75, 3.05) is 13.2 Å². The van der Waals surface area contributed by atoms with E-state index in [4.69, 9.17) is 14.2 Å². The van der Waals surface area contributed by atoms with E-state index < -0.39 is 12.1 Å². The highest BCUT2D eigenvalue weighted by molar-refractivity contribution is 5.71. The van der Waals surface area contributed by atoms with Crippen LogP contribution in [0.2, 0.25) is 0 Å². The van der Waals surface area contributed by atoms with Crippen LogP contribution in [-0.2, 0) is 28.6 Å². The first kappa shape index (κ1) is 74.3. The third-order valence-corrected chi connectivity index (χ3v) is 14.3.